The molecule has 0 saturated heterocycles. The summed E-state index contributed by atoms with van der Waals surface area (Å²) < 4.78 is 33.4. The molecular formula is C14H9BrF2O2. The maximum atomic E-state index is 13.7. The summed E-state index contributed by atoms with van der Waals surface area (Å²) in [5.41, 5.74) is 0.662. The van der Waals surface area contributed by atoms with Crippen LogP contribution in [0.15, 0.2) is 34.8 Å². The Balaban J connectivity index is 2.43. The van der Waals surface area contributed by atoms with Gasteiger partial charge in [0, 0.05) is 10.0 Å². The van der Waals surface area contributed by atoms with E-state index in [1.165, 1.54) is 0 Å². The van der Waals surface area contributed by atoms with Crippen LogP contribution in [0.2, 0.25) is 0 Å². The molecule has 0 spiro atoms. The molecule has 5 heteroatoms. The van der Waals surface area contributed by atoms with E-state index < -0.39 is 17.4 Å². The average Bonchev–Trinajstić information content (AvgIpc) is 2.37. The highest BCUT2D eigenvalue weighted by Crippen LogP contribution is 2.32. The molecule has 0 aliphatic carbocycles. The van der Waals surface area contributed by atoms with E-state index in [2.05, 4.69) is 15.9 Å². The minimum absolute atomic E-state index is 0.0756. The van der Waals surface area contributed by atoms with Crippen LogP contribution < -0.4 is 4.74 Å². The Labute approximate surface area is 117 Å². The standard InChI is InChI=1S/C14H9BrF2O2/c1-8-2-3-10(15)6-13(8)19-14-11(16)4-9(7-18)5-12(14)17/h2-7H,1H3. The first-order valence-electron chi connectivity index (χ1n) is 5.39. The van der Waals surface area contributed by atoms with Gasteiger partial charge in [-0.05, 0) is 36.8 Å². The van der Waals surface area contributed by atoms with Gasteiger partial charge in [-0.3, -0.25) is 4.79 Å². The highest BCUT2D eigenvalue weighted by atomic mass is 79.9. The second-order valence-electron chi connectivity index (χ2n) is 3.94. The molecule has 0 radical (unpaired) electrons. The Morgan fingerprint density at radius 2 is 1.79 bits per heavy atom. The quantitative estimate of drug-likeness (QED) is 0.768. The van der Waals surface area contributed by atoms with Crippen molar-refractivity contribution in [3.8, 4) is 11.5 Å². The zero-order chi connectivity index (χ0) is 14.0. The number of aldehydes is 1. The van der Waals surface area contributed by atoms with Crippen molar-refractivity contribution in [3.05, 3.63) is 57.6 Å². The van der Waals surface area contributed by atoms with Gasteiger partial charge in [-0.2, -0.15) is 0 Å². The summed E-state index contributed by atoms with van der Waals surface area (Å²) >= 11 is 3.26. The van der Waals surface area contributed by atoms with Crippen molar-refractivity contribution in [3.63, 3.8) is 0 Å². The fourth-order valence-corrected chi connectivity index (χ4v) is 1.88. The van der Waals surface area contributed by atoms with Gasteiger partial charge < -0.3 is 4.74 Å². The first kappa shape index (κ1) is 13.7. The molecule has 0 bridgehead atoms. The lowest BCUT2D eigenvalue weighted by molar-refractivity contribution is 0.112. The number of benzene rings is 2. The van der Waals surface area contributed by atoms with E-state index in [9.17, 15) is 13.6 Å². The molecule has 2 rings (SSSR count). The molecular weight excluding hydrogens is 318 g/mol. The van der Waals surface area contributed by atoms with Crippen LogP contribution in [0.3, 0.4) is 0 Å². The van der Waals surface area contributed by atoms with Crippen molar-refractivity contribution >= 4 is 22.2 Å². The van der Waals surface area contributed by atoms with Gasteiger partial charge in [-0.15, -0.1) is 0 Å². The van der Waals surface area contributed by atoms with Crippen LogP contribution in [0.4, 0.5) is 8.78 Å². The maximum absolute atomic E-state index is 13.7. The second kappa shape index (κ2) is 5.48. The Bertz CT molecular complexity index is 618. The van der Waals surface area contributed by atoms with Crippen molar-refractivity contribution in [2.45, 2.75) is 6.92 Å². The molecule has 0 aromatic heterocycles. The van der Waals surface area contributed by atoms with Crippen LogP contribution in [0, 0.1) is 18.6 Å². The van der Waals surface area contributed by atoms with Crippen LogP contribution >= 0.6 is 15.9 Å². The molecule has 0 aliphatic heterocycles. The van der Waals surface area contributed by atoms with Gasteiger partial charge in [-0.25, -0.2) is 8.78 Å². The van der Waals surface area contributed by atoms with Crippen LogP contribution in [0.25, 0.3) is 0 Å². The van der Waals surface area contributed by atoms with E-state index >= 15 is 0 Å². The van der Waals surface area contributed by atoms with Crippen LogP contribution in [-0.4, -0.2) is 6.29 Å². The minimum Gasteiger partial charge on any atom is -0.451 e. The number of ether oxygens (including phenoxy) is 1. The van der Waals surface area contributed by atoms with Crippen LogP contribution in [0.1, 0.15) is 15.9 Å². The Morgan fingerprint density at radius 3 is 2.37 bits per heavy atom. The first-order valence-corrected chi connectivity index (χ1v) is 6.19. The molecule has 0 amide bonds. The molecule has 0 saturated carbocycles. The zero-order valence-corrected chi connectivity index (χ0v) is 11.5. The number of hydrogen-bond donors (Lipinski definition) is 0. The number of rotatable bonds is 3. The Kier molecular flexibility index (Phi) is 3.95. The monoisotopic (exact) mass is 326 g/mol. The van der Waals surface area contributed by atoms with Crippen molar-refractivity contribution in [1.29, 1.82) is 0 Å². The highest BCUT2D eigenvalue weighted by molar-refractivity contribution is 9.10. The average molecular weight is 327 g/mol. The fraction of sp³-hybridized carbons (Fsp3) is 0.0714. The SMILES string of the molecule is Cc1ccc(Br)cc1Oc1c(F)cc(C=O)cc1F. The summed E-state index contributed by atoms with van der Waals surface area (Å²) in [6, 6.07) is 7.03. The molecule has 0 fully saturated rings. The number of carbonyl (C=O) groups excluding carboxylic acids is 1. The van der Waals surface area contributed by atoms with Crippen molar-refractivity contribution in [2.24, 2.45) is 0 Å². The molecule has 98 valence electrons. The molecule has 0 heterocycles. The lowest BCUT2D eigenvalue weighted by Gasteiger charge is -2.11. The van der Waals surface area contributed by atoms with Gasteiger partial charge in [0.15, 0.2) is 17.4 Å². The van der Waals surface area contributed by atoms with Crippen molar-refractivity contribution in [1.82, 2.24) is 0 Å². The third-order valence-corrected chi connectivity index (χ3v) is 3.01. The summed E-state index contributed by atoms with van der Waals surface area (Å²) in [6.45, 7) is 1.76. The molecule has 2 aromatic rings. The van der Waals surface area contributed by atoms with Gasteiger partial charge >= 0.3 is 0 Å². The van der Waals surface area contributed by atoms with E-state index in [1.807, 2.05) is 0 Å². The van der Waals surface area contributed by atoms with Gasteiger partial charge in [0.1, 0.15) is 12.0 Å². The van der Waals surface area contributed by atoms with Crippen molar-refractivity contribution < 1.29 is 18.3 Å². The summed E-state index contributed by atoms with van der Waals surface area (Å²) in [7, 11) is 0. The molecule has 0 atom stereocenters. The van der Waals surface area contributed by atoms with Gasteiger partial charge in [0.05, 0.1) is 0 Å². The van der Waals surface area contributed by atoms with E-state index in [1.54, 1.807) is 25.1 Å². The predicted molar refractivity (Wildman–Crippen MR) is 70.7 cm³/mol. The fourth-order valence-electron chi connectivity index (χ4n) is 1.54. The topological polar surface area (TPSA) is 26.3 Å². The molecule has 19 heavy (non-hydrogen) atoms. The summed E-state index contributed by atoms with van der Waals surface area (Å²) in [6.07, 6.45) is 0.375. The molecule has 0 aliphatic rings. The number of hydrogen-bond acceptors (Lipinski definition) is 2. The van der Waals surface area contributed by atoms with E-state index in [0.717, 1.165) is 22.2 Å². The van der Waals surface area contributed by atoms with Crippen molar-refractivity contribution in [2.75, 3.05) is 0 Å². The predicted octanol–water partition coefficient (Wildman–Crippen LogP) is 4.64. The second-order valence-corrected chi connectivity index (χ2v) is 4.86. The smallest absolute Gasteiger partial charge is 0.198 e. The molecule has 2 aromatic carbocycles. The Morgan fingerprint density at radius 1 is 1.16 bits per heavy atom. The molecule has 0 N–H and O–H groups in total. The highest BCUT2D eigenvalue weighted by Gasteiger charge is 2.14. The number of aryl methyl sites for hydroxylation is 1. The molecule has 2 nitrogen and oxygen atoms in total. The largest absolute Gasteiger partial charge is 0.451 e. The molecule has 0 unspecified atom stereocenters. The Hall–Kier alpha value is -1.75. The van der Waals surface area contributed by atoms with Gasteiger partial charge in [0.2, 0.25) is 0 Å². The van der Waals surface area contributed by atoms with Crippen LogP contribution in [-0.2, 0) is 0 Å². The van der Waals surface area contributed by atoms with Gasteiger partial charge in [-0.1, -0.05) is 22.0 Å². The van der Waals surface area contributed by atoms with Crippen LogP contribution in [0.5, 0.6) is 11.5 Å². The third kappa shape index (κ3) is 2.98. The summed E-state index contributed by atoms with van der Waals surface area (Å²) in [5.74, 6) is -2.01. The van der Waals surface area contributed by atoms with E-state index in [-0.39, 0.29) is 5.56 Å². The summed E-state index contributed by atoms with van der Waals surface area (Å²) in [4.78, 5) is 10.5. The van der Waals surface area contributed by atoms with E-state index in [0.29, 0.717) is 12.0 Å². The summed E-state index contributed by atoms with van der Waals surface area (Å²) in [5, 5.41) is 0. The lowest BCUT2D eigenvalue weighted by atomic mass is 10.2. The maximum Gasteiger partial charge on any atom is 0.198 e. The minimum atomic E-state index is -0.915. The normalized spacial score (nSPS) is 10.3. The zero-order valence-electron chi connectivity index (χ0n) is 9.91. The first-order chi connectivity index (χ1) is 9.01. The van der Waals surface area contributed by atoms with Gasteiger partial charge in [0.25, 0.3) is 0 Å². The van der Waals surface area contributed by atoms with E-state index in [4.69, 9.17) is 4.74 Å². The lowest BCUT2D eigenvalue weighted by Crippen LogP contribution is -1.96. The third-order valence-electron chi connectivity index (χ3n) is 2.52. The number of carbonyl (C=O) groups is 1. The number of halogens is 3.